The lowest BCUT2D eigenvalue weighted by Crippen LogP contribution is -2.34. The van der Waals surface area contributed by atoms with Crippen LogP contribution >= 0.6 is 22.6 Å². The third-order valence-electron chi connectivity index (χ3n) is 3.54. The van der Waals surface area contributed by atoms with Gasteiger partial charge in [0.1, 0.15) is 11.9 Å². The number of nitrogens with one attached hydrogen (secondary N) is 1. The van der Waals surface area contributed by atoms with Crippen LogP contribution in [0.2, 0.25) is 0 Å². The quantitative estimate of drug-likeness (QED) is 0.753. The molecule has 2 aliphatic heterocycles. The first-order chi connectivity index (χ1) is 9.22. The smallest absolute Gasteiger partial charge is 0.130 e. The van der Waals surface area contributed by atoms with Crippen LogP contribution in [0.1, 0.15) is 18.2 Å². The van der Waals surface area contributed by atoms with Gasteiger partial charge in [0, 0.05) is 29.7 Å². The Bertz CT molecular complexity index is 429. The summed E-state index contributed by atoms with van der Waals surface area (Å²) < 4.78 is 6.92. The predicted octanol–water partition coefficient (Wildman–Crippen LogP) is 0.918. The summed E-state index contributed by atoms with van der Waals surface area (Å²) in [6, 6.07) is 4.15. The molecule has 1 unspecified atom stereocenters. The molecule has 0 bridgehead atoms. The van der Waals surface area contributed by atoms with Crippen LogP contribution in [0.3, 0.4) is 0 Å². The second kappa shape index (κ2) is 5.90. The van der Waals surface area contributed by atoms with Gasteiger partial charge in [-0.3, -0.25) is 0 Å². The van der Waals surface area contributed by atoms with Crippen LogP contribution in [0.15, 0.2) is 12.1 Å². The van der Waals surface area contributed by atoms with Gasteiger partial charge in [-0.1, -0.05) is 0 Å². The molecule has 0 aromatic carbocycles. The molecule has 1 aromatic heterocycles. The van der Waals surface area contributed by atoms with Crippen molar-refractivity contribution < 1.29 is 9.84 Å². The number of aromatic nitrogens is 1. The summed E-state index contributed by atoms with van der Waals surface area (Å²) in [6.07, 6.45) is 0.634. The van der Waals surface area contributed by atoms with E-state index in [1.165, 1.54) is 0 Å². The van der Waals surface area contributed by atoms with Gasteiger partial charge in [-0.2, -0.15) is 0 Å². The minimum atomic E-state index is -0.226. The fraction of sp³-hybridized carbons (Fsp3) is 0.615. The molecule has 104 valence electrons. The van der Waals surface area contributed by atoms with Crippen LogP contribution in [0, 0.1) is 3.57 Å². The van der Waals surface area contributed by atoms with Crippen molar-refractivity contribution in [2.75, 3.05) is 37.7 Å². The Kier molecular flexibility index (Phi) is 4.21. The number of hydrogen-bond acceptors (Lipinski definition) is 5. The van der Waals surface area contributed by atoms with Crippen molar-refractivity contribution in [1.82, 2.24) is 10.3 Å². The molecule has 0 radical (unpaired) electrons. The Balaban J connectivity index is 1.83. The number of aliphatic hydroxyl groups excluding tert-OH is 1. The van der Waals surface area contributed by atoms with Crippen molar-refractivity contribution in [2.24, 2.45) is 0 Å². The Morgan fingerprint density at radius 3 is 3.05 bits per heavy atom. The van der Waals surface area contributed by atoms with Crippen LogP contribution in [-0.2, 0) is 4.74 Å². The SMILES string of the molecule is O[C@H]1CCN(c2cc(I)cc(C3CNCCO3)n2)C1. The first-order valence-electron chi connectivity index (χ1n) is 6.65. The van der Waals surface area contributed by atoms with Crippen molar-refractivity contribution in [3.8, 4) is 0 Å². The molecule has 0 amide bonds. The maximum Gasteiger partial charge on any atom is 0.130 e. The van der Waals surface area contributed by atoms with E-state index in [1.54, 1.807) is 0 Å². The minimum Gasteiger partial charge on any atom is -0.391 e. The fourth-order valence-corrected chi connectivity index (χ4v) is 3.13. The molecule has 2 saturated heterocycles. The maximum atomic E-state index is 9.64. The highest BCUT2D eigenvalue weighted by atomic mass is 127. The van der Waals surface area contributed by atoms with E-state index < -0.39 is 0 Å². The topological polar surface area (TPSA) is 57.6 Å². The normalized spacial score (nSPS) is 27.8. The van der Waals surface area contributed by atoms with Gasteiger partial charge < -0.3 is 20.1 Å². The molecule has 1 aromatic rings. The van der Waals surface area contributed by atoms with Gasteiger partial charge >= 0.3 is 0 Å². The molecule has 19 heavy (non-hydrogen) atoms. The molecule has 0 saturated carbocycles. The van der Waals surface area contributed by atoms with Gasteiger partial charge in [0.2, 0.25) is 0 Å². The average molecular weight is 375 g/mol. The van der Waals surface area contributed by atoms with E-state index in [0.29, 0.717) is 6.54 Å². The van der Waals surface area contributed by atoms with Crippen LogP contribution < -0.4 is 10.2 Å². The standard InChI is InChI=1S/C13H18IN3O2/c14-9-5-11(12-7-15-2-4-19-12)16-13(6-9)17-3-1-10(18)8-17/h5-6,10,12,15,18H,1-4,7-8H2/t10-,12?/m0/s1. The molecular weight excluding hydrogens is 357 g/mol. The van der Waals surface area contributed by atoms with Crippen LogP contribution in [0.25, 0.3) is 0 Å². The van der Waals surface area contributed by atoms with Crippen LogP contribution in [0.4, 0.5) is 5.82 Å². The zero-order valence-corrected chi connectivity index (χ0v) is 12.8. The summed E-state index contributed by atoms with van der Waals surface area (Å²) in [5, 5.41) is 13.0. The van der Waals surface area contributed by atoms with E-state index in [1.807, 2.05) is 0 Å². The molecule has 3 rings (SSSR count). The van der Waals surface area contributed by atoms with Gasteiger partial charge in [-0.05, 0) is 41.1 Å². The minimum absolute atomic E-state index is 0.0368. The summed E-state index contributed by atoms with van der Waals surface area (Å²) in [6.45, 7) is 4.00. The highest BCUT2D eigenvalue weighted by molar-refractivity contribution is 14.1. The summed E-state index contributed by atoms with van der Waals surface area (Å²) in [5.74, 6) is 0.952. The zero-order valence-electron chi connectivity index (χ0n) is 10.7. The van der Waals surface area contributed by atoms with Gasteiger partial charge in [-0.25, -0.2) is 4.98 Å². The first-order valence-corrected chi connectivity index (χ1v) is 7.73. The summed E-state index contributed by atoms with van der Waals surface area (Å²) in [5.41, 5.74) is 0.982. The summed E-state index contributed by atoms with van der Waals surface area (Å²) >= 11 is 2.31. The molecule has 2 fully saturated rings. The van der Waals surface area contributed by atoms with Crippen molar-refractivity contribution in [1.29, 1.82) is 0 Å². The van der Waals surface area contributed by atoms with Gasteiger partial charge in [-0.15, -0.1) is 0 Å². The molecule has 2 aliphatic rings. The summed E-state index contributed by atoms with van der Waals surface area (Å²) in [7, 11) is 0. The number of rotatable bonds is 2. The number of nitrogens with zero attached hydrogens (tertiary/aromatic N) is 2. The molecular formula is C13H18IN3O2. The number of pyridine rings is 1. The van der Waals surface area contributed by atoms with E-state index in [2.05, 4.69) is 44.9 Å². The maximum absolute atomic E-state index is 9.64. The third-order valence-corrected chi connectivity index (χ3v) is 4.16. The Labute approximate surface area is 126 Å². The summed E-state index contributed by atoms with van der Waals surface area (Å²) in [4.78, 5) is 6.86. The second-order valence-electron chi connectivity index (χ2n) is 5.02. The molecule has 0 aliphatic carbocycles. The van der Waals surface area contributed by atoms with Gasteiger partial charge in [0.15, 0.2) is 0 Å². The molecule has 3 heterocycles. The van der Waals surface area contributed by atoms with Crippen LogP contribution in [-0.4, -0.2) is 49.0 Å². The lowest BCUT2D eigenvalue weighted by atomic mass is 10.2. The van der Waals surface area contributed by atoms with E-state index in [-0.39, 0.29) is 12.2 Å². The Morgan fingerprint density at radius 2 is 2.37 bits per heavy atom. The van der Waals surface area contributed by atoms with Gasteiger partial charge in [0.05, 0.1) is 18.4 Å². The average Bonchev–Trinajstić information content (AvgIpc) is 2.86. The molecule has 6 heteroatoms. The number of aliphatic hydroxyl groups is 1. The number of anilines is 1. The molecule has 2 N–H and O–H groups in total. The van der Waals surface area contributed by atoms with Crippen molar-refractivity contribution in [2.45, 2.75) is 18.6 Å². The van der Waals surface area contributed by atoms with E-state index in [4.69, 9.17) is 9.72 Å². The van der Waals surface area contributed by atoms with E-state index in [9.17, 15) is 5.11 Å². The highest BCUT2D eigenvalue weighted by Gasteiger charge is 2.24. The Hall–Kier alpha value is -0.440. The molecule has 5 nitrogen and oxygen atoms in total. The Morgan fingerprint density at radius 1 is 1.47 bits per heavy atom. The van der Waals surface area contributed by atoms with E-state index >= 15 is 0 Å². The van der Waals surface area contributed by atoms with Gasteiger partial charge in [0.25, 0.3) is 0 Å². The number of hydrogen-bond donors (Lipinski definition) is 2. The molecule has 2 atom stereocenters. The van der Waals surface area contributed by atoms with E-state index in [0.717, 1.165) is 47.7 Å². The van der Waals surface area contributed by atoms with Crippen molar-refractivity contribution >= 4 is 28.4 Å². The second-order valence-corrected chi connectivity index (χ2v) is 6.27. The van der Waals surface area contributed by atoms with Crippen molar-refractivity contribution in [3.63, 3.8) is 0 Å². The highest BCUT2D eigenvalue weighted by Crippen LogP contribution is 2.25. The molecule has 0 spiro atoms. The predicted molar refractivity (Wildman–Crippen MR) is 81.4 cm³/mol. The fourth-order valence-electron chi connectivity index (χ4n) is 2.54. The number of β-amino-alcohol motifs (C(OH)–C–C–N with tert-alkyl or cyclic N) is 1. The zero-order chi connectivity index (χ0) is 13.2. The lowest BCUT2D eigenvalue weighted by Gasteiger charge is -2.25. The monoisotopic (exact) mass is 375 g/mol. The lowest BCUT2D eigenvalue weighted by molar-refractivity contribution is 0.0250. The number of halogens is 1. The van der Waals surface area contributed by atoms with Crippen molar-refractivity contribution in [3.05, 3.63) is 21.4 Å². The van der Waals surface area contributed by atoms with Crippen LogP contribution in [0.5, 0.6) is 0 Å². The largest absolute Gasteiger partial charge is 0.391 e. The number of ether oxygens (including phenoxy) is 1. The third kappa shape index (κ3) is 3.18. The number of morpholine rings is 1. The first kappa shape index (κ1) is 13.5.